The summed E-state index contributed by atoms with van der Waals surface area (Å²) in [4.78, 5) is 34.4. The standard InChI is InChI=1S/C13H16N2O5/c1-3-4-11(13(17)18)14(2)12(16)9-5-7-10(8-6-9)15(19)20/h5-8,11H,3-4H2,1-2H3,(H,17,18). The third kappa shape index (κ3) is 3.53. The number of carbonyl (C=O) groups excluding carboxylic acids is 1. The fourth-order valence-electron chi connectivity index (χ4n) is 1.83. The molecule has 108 valence electrons. The van der Waals surface area contributed by atoms with Crippen LogP contribution in [-0.2, 0) is 4.79 Å². The number of nitro benzene ring substituents is 1. The summed E-state index contributed by atoms with van der Waals surface area (Å²) in [7, 11) is 1.41. The van der Waals surface area contributed by atoms with E-state index < -0.39 is 22.8 Å². The molecule has 0 spiro atoms. The van der Waals surface area contributed by atoms with Crippen LogP contribution < -0.4 is 0 Å². The fourth-order valence-corrected chi connectivity index (χ4v) is 1.83. The smallest absolute Gasteiger partial charge is 0.326 e. The maximum atomic E-state index is 12.1. The molecule has 0 aliphatic carbocycles. The number of rotatable bonds is 6. The second kappa shape index (κ2) is 6.65. The number of hydrogen-bond acceptors (Lipinski definition) is 4. The normalized spacial score (nSPS) is 11.7. The third-order valence-electron chi connectivity index (χ3n) is 2.96. The number of carboxylic acids is 1. The summed E-state index contributed by atoms with van der Waals surface area (Å²) >= 11 is 0. The maximum absolute atomic E-state index is 12.1. The van der Waals surface area contributed by atoms with Crippen molar-refractivity contribution >= 4 is 17.6 Å². The SMILES string of the molecule is CCCC(C(=O)O)N(C)C(=O)c1ccc([N+](=O)[O-])cc1. The van der Waals surface area contributed by atoms with E-state index in [1.165, 1.54) is 31.3 Å². The molecule has 1 unspecified atom stereocenters. The molecule has 0 aliphatic rings. The zero-order valence-corrected chi connectivity index (χ0v) is 11.3. The molecule has 0 aliphatic heterocycles. The minimum atomic E-state index is -1.07. The summed E-state index contributed by atoms with van der Waals surface area (Å²) in [5, 5.41) is 19.6. The molecule has 0 saturated carbocycles. The van der Waals surface area contributed by atoms with Crippen molar-refractivity contribution in [3.63, 3.8) is 0 Å². The lowest BCUT2D eigenvalue weighted by atomic mass is 10.1. The van der Waals surface area contributed by atoms with Crippen molar-refractivity contribution in [1.29, 1.82) is 0 Å². The second-order valence-electron chi connectivity index (χ2n) is 4.36. The first-order valence-corrected chi connectivity index (χ1v) is 6.13. The predicted octanol–water partition coefficient (Wildman–Crippen LogP) is 1.92. The van der Waals surface area contributed by atoms with Crippen LogP contribution >= 0.6 is 0 Å². The lowest BCUT2D eigenvalue weighted by Gasteiger charge is -2.24. The molecule has 0 saturated heterocycles. The summed E-state index contributed by atoms with van der Waals surface area (Å²) in [5.74, 6) is -1.54. The van der Waals surface area contributed by atoms with Gasteiger partial charge in [0, 0.05) is 24.7 Å². The van der Waals surface area contributed by atoms with Crippen LogP contribution in [0.2, 0.25) is 0 Å². The molecule has 1 aromatic rings. The van der Waals surface area contributed by atoms with Gasteiger partial charge in [0.15, 0.2) is 0 Å². The van der Waals surface area contributed by atoms with Crippen LogP contribution in [0.4, 0.5) is 5.69 Å². The van der Waals surface area contributed by atoms with E-state index in [-0.39, 0.29) is 11.3 Å². The highest BCUT2D eigenvalue weighted by Crippen LogP contribution is 2.15. The average Bonchev–Trinajstić information content (AvgIpc) is 2.43. The van der Waals surface area contributed by atoms with Crippen LogP contribution in [-0.4, -0.2) is 39.9 Å². The Kier molecular flexibility index (Phi) is 5.19. The highest BCUT2D eigenvalue weighted by molar-refractivity contribution is 5.96. The van der Waals surface area contributed by atoms with Gasteiger partial charge in [-0.2, -0.15) is 0 Å². The largest absolute Gasteiger partial charge is 0.480 e. The Morgan fingerprint density at radius 2 is 1.90 bits per heavy atom. The summed E-state index contributed by atoms with van der Waals surface area (Å²) in [6.45, 7) is 1.83. The van der Waals surface area contributed by atoms with Crippen LogP contribution in [0.25, 0.3) is 0 Å². The van der Waals surface area contributed by atoms with Crippen LogP contribution in [0.1, 0.15) is 30.1 Å². The number of nitro groups is 1. The molecule has 1 aromatic carbocycles. The number of aliphatic carboxylic acids is 1. The molecule has 1 rings (SSSR count). The molecule has 20 heavy (non-hydrogen) atoms. The number of carbonyl (C=O) groups is 2. The quantitative estimate of drug-likeness (QED) is 0.633. The van der Waals surface area contributed by atoms with Gasteiger partial charge in [0.1, 0.15) is 6.04 Å². The van der Waals surface area contributed by atoms with Gasteiger partial charge >= 0.3 is 5.97 Å². The molecule has 0 fully saturated rings. The van der Waals surface area contributed by atoms with Gasteiger partial charge in [-0.1, -0.05) is 13.3 Å². The number of benzene rings is 1. The van der Waals surface area contributed by atoms with E-state index in [1.807, 2.05) is 6.92 Å². The van der Waals surface area contributed by atoms with Crippen molar-refractivity contribution < 1.29 is 19.6 Å². The minimum absolute atomic E-state index is 0.118. The number of nitrogens with zero attached hydrogens (tertiary/aromatic N) is 2. The Morgan fingerprint density at radius 3 is 2.30 bits per heavy atom. The molecule has 0 heterocycles. The van der Waals surface area contributed by atoms with Gasteiger partial charge in [-0.3, -0.25) is 14.9 Å². The Hall–Kier alpha value is -2.44. The Bertz CT molecular complexity index is 512. The topological polar surface area (TPSA) is 101 Å². The van der Waals surface area contributed by atoms with Gasteiger partial charge in [-0.25, -0.2) is 4.79 Å². The van der Waals surface area contributed by atoms with Crippen LogP contribution in [0, 0.1) is 10.1 Å². The maximum Gasteiger partial charge on any atom is 0.326 e. The molecule has 1 N–H and O–H groups in total. The zero-order chi connectivity index (χ0) is 15.3. The van der Waals surface area contributed by atoms with Crippen molar-refractivity contribution in [3.8, 4) is 0 Å². The van der Waals surface area contributed by atoms with E-state index in [9.17, 15) is 19.7 Å². The first-order chi connectivity index (χ1) is 9.38. The van der Waals surface area contributed by atoms with Crippen LogP contribution in [0.15, 0.2) is 24.3 Å². The van der Waals surface area contributed by atoms with Gasteiger partial charge in [-0.15, -0.1) is 0 Å². The highest BCUT2D eigenvalue weighted by Gasteiger charge is 2.26. The molecule has 1 atom stereocenters. The van der Waals surface area contributed by atoms with E-state index in [1.54, 1.807) is 0 Å². The van der Waals surface area contributed by atoms with E-state index in [2.05, 4.69) is 0 Å². The van der Waals surface area contributed by atoms with Gasteiger partial charge in [0.05, 0.1) is 4.92 Å². The first-order valence-electron chi connectivity index (χ1n) is 6.13. The van der Waals surface area contributed by atoms with Crippen molar-refractivity contribution in [2.45, 2.75) is 25.8 Å². The fraction of sp³-hybridized carbons (Fsp3) is 0.385. The summed E-state index contributed by atoms with van der Waals surface area (Å²) in [5.41, 5.74) is 0.105. The van der Waals surface area contributed by atoms with Gasteiger partial charge in [0.2, 0.25) is 0 Å². The summed E-state index contributed by atoms with van der Waals surface area (Å²) in [6.07, 6.45) is 0.986. The highest BCUT2D eigenvalue weighted by atomic mass is 16.6. The van der Waals surface area contributed by atoms with Gasteiger partial charge in [0.25, 0.3) is 11.6 Å². The Balaban J connectivity index is 2.92. The zero-order valence-electron chi connectivity index (χ0n) is 11.3. The molecule has 0 bridgehead atoms. The summed E-state index contributed by atoms with van der Waals surface area (Å²) in [6, 6.07) is 4.18. The molecular weight excluding hydrogens is 264 g/mol. The molecule has 7 nitrogen and oxygen atoms in total. The van der Waals surface area contributed by atoms with Crippen molar-refractivity contribution in [2.75, 3.05) is 7.05 Å². The van der Waals surface area contributed by atoms with Gasteiger partial charge < -0.3 is 10.0 Å². The number of likely N-dealkylation sites (N-methyl/N-ethyl adjacent to an activating group) is 1. The molecular formula is C13H16N2O5. The number of carboxylic acid groups (broad SMARTS) is 1. The van der Waals surface area contributed by atoms with Crippen LogP contribution in [0.3, 0.4) is 0 Å². The Morgan fingerprint density at radius 1 is 1.35 bits per heavy atom. The summed E-state index contributed by atoms with van der Waals surface area (Å²) < 4.78 is 0. The average molecular weight is 280 g/mol. The van der Waals surface area contributed by atoms with Gasteiger partial charge in [-0.05, 0) is 18.6 Å². The number of hydrogen-bond donors (Lipinski definition) is 1. The van der Waals surface area contributed by atoms with E-state index in [0.29, 0.717) is 12.8 Å². The van der Waals surface area contributed by atoms with Crippen molar-refractivity contribution in [3.05, 3.63) is 39.9 Å². The molecule has 1 amide bonds. The van der Waals surface area contributed by atoms with E-state index in [4.69, 9.17) is 5.11 Å². The number of non-ortho nitro benzene ring substituents is 1. The second-order valence-corrected chi connectivity index (χ2v) is 4.36. The lowest BCUT2D eigenvalue weighted by Crippen LogP contribution is -2.42. The minimum Gasteiger partial charge on any atom is -0.480 e. The molecule has 0 radical (unpaired) electrons. The third-order valence-corrected chi connectivity index (χ3v) is 2.96. The van der Waals surface area contributed by atoms with E-state index in [0.717, 1.165) is 4.90 Å². The van der Waals surface area contributed by atoms with Crippen molar-refractivity contribution in [2.24, 2.45) is 0 Å². The van der Waals surface area contributed by atoms with Crippen LogP contribution in [0.5, 0.6) is 0 Å². The molecule has 7 heteroatoms. The van der Waals surface area contributed by atoms with E-state index >= 15 is 0 Å². The first kappa shape index (κ1) is 15.6. The monoisotopic (exact) mass is 280 g/mol. The Labute approximate surface area is 116 Å². The predicted molar refractivity (Wildman–Crippen MR) is 71.5 cm³/mol. The number of amides is 1. The molecule has 0 aromatic heterocycles. The lowest BCUT2D eigenvalue weighted by molar-refractivity contribution is -0.384. The van der Waals surface area contributed by atoms with Crippen molar-refractivity contribution in [1.82, 2.24) is 4.90 Å².